The molecule has 0 radical (unpaired) electrons. The Hall–Kier alpha value is -2.26. The van der Waals surface area contributed by atoms with E-state index in [4.69, 9.17) is 4.74 Å². The molecular formula is C20H26N2O5S2. The van der Waals surface area contributed by atoms with Crippen LogP contribution in [0.25, 0.3) is 0 Å². The Kier molecular flexibility index (Phi) is 6.09. The Morgan fingerprint density at radius 3 is 2.38 bits per heavy atom. The molecule has 2 aromatic rings. The number of hydrogen-bond donors (Lipinski definition) is 1. The highest BCUT2D eigenvalue weighted by Gasteiger charge is 2.29. The van der Waals surface area contributed by atoms with Gasteiger partial charge in [0.15, 0.2) is 0 Å². The minimum atomic E-state index is -3.99. The van der Waals surface area contributed by atoms with E-state index in [1.165, 1.54) is 16.4 Å². The summed E-state index contributed by atoms with van der Waals surface area (Å²) in [7, 11) is -7.45. The van der Waals surface area contributed by atoms with Gasteiger partial charge in [0.2, 0.25) is 10.0 Å². The third kappa shape index (κ3) is 4.84. The van der Waals surface area contributed by atoms with Crippen LogP contribution in [0.1, 0.15) is 30.9 Å². The Bertz CT molecular complexity index is 1090. The van der Waals surface area contributed by atoms with Crippen LogP contribution >= 0.6 is 0 Å². The van der Waals surface area contributed by atoms with Crippen molar-refractivity contribution in [2.75, 3.05) is 27.9 Å². The van der Waals surface area contributed by atoms with Crippen LogP contribution in [0.2, 0.25) is 0 Å². The van der Waals surface area contributed by atoms with E-state index in [1.54, 1.807) is 25.1 Å². The standard InChI is InChI=1S/C20H26N2O5S2/c1-4-27-19-8-7-18(22-9-5-6-10-28(22,23)24)14-20(19)29(25,26)21-17-12-15(2)11-16(3)13-17/h7-8,11-14,21H,4-6,9-10H2,1-3H3. The summed E-state index contributed by atoms with van der Waals surface area (Å²) in [6.07, 6.45) is 1.34. The molecule has 0 atom stereocenters. The molecule has 7 nitrogen and oxygen atoms in total. The second kappa shape index (κ2) is 8.23. The van der Waals surface area contributed by atoms with Gasteiger partial charge in [-0.2, -0.15) is 0 Å². The van der Waals surface area contributed by atoms with E-state index in [0.29, 0.717) is 24.3 Å². The number of ether oxygens (including phenoxy) is 1. The monoisotopic (exact) mass is 438 g/mol. The number of sulfonamides is 2. The Morgan fingerprint density at radius 2 is 1.76 bits per heavy atom. The zero-order valence-electron chi connectivity index (χ0n) is 16.8. The van der Waals surface area contributed by atoms with Gasteiger partial charge in [-0.3, -0.25) is 9.03 Å². The molecular weight excluding hydrogens is 412 g/mol. The van der Waals surface area contributed by atoms with E-state index in [-0.39, 0.29) is 23.0 Å². The first-order valence-electron chi connectivity index (χ1n) is 9.51. The van der Waals surface area contributed by atoms with Crippen molar-refractivity contribution >= 4 is 31.4 Å². The van der Waals surface area contributed by atoms with Crippen molar-refractivity contribution < 1.29 is 21.6 Å². The fourth-order valence-corrected chi connectivity index (χ4v) is 6.30. The van der Waals surface area contributed by atoms with E-state index >= 15 is 0 Å². The number of nitrogens with one attached hydrogen (secondary N) is 1. The van der Waals surface area contributed by atoms with Crippen LogP contribution in [0.3, 0.4) is 0 Å². The predicted molar refractivity (Wildman–Crippen MR) is 115 cm³/mol. The van der Waals surface area contributed by atoms with Gasteiger partial charge in [0.25, 0.3) is 10.0 Å². The summed E-state index contributed by atoms with van der Waals surface area (Å²) >= 11 is 0. The first-order valence-corrected chi connectivity index (χ1v) is 12.6. The van der Waals surface area contributed by atoms with Crippen LogP contribution in [0, 0.1) is 13.8 Å². The van der Waals surface area contributed by atoms with Gasteiger partial charge >= 0.3 is 0 Å². The van der Waals surface area contributed by atoms with Crippen molar-refractivity contribution in [3.8, 4) is 5.75 Å². The van der Waals surface area contributed by atoms with Gasteiger partial charge in [0, 0.05) is 12.2 Å². The Labute approximate surface area is 172 Å². The number of aryl methyl sites for hydroxylation is 2. The van der Waals surface area contributed by atoms with E-state index in [0.717, 1.165) is 17.5 Å². The molecule has 1 heterocycles. The quantitative estimate of drug-likeness (QED) is 0.746. The average molecular weight is 439 g/mol. The summed E-state index contributed by atoms with van der Waals surface area (Å²) in [6, 6.07) is 9.90. The van der Waals surface area contributed by atoms with Crippen LogP contribution in [0.4, 0.5) is 11.4 Å². The van der Waals surface area contributed by atoms with Gasteiger partial charge in [0.1, 0.15) is 10.6 Å². The summed E-state index contributed by atoms with van der Waals surface area (Å²) in [4.78, 5) is -0.0863. The van der Waals surface area contributed by atoms with Crippen LogP contribution in [-0.4, -0.2) is 35.7 Å². The predicted octanol–water partition coefficient (Wildman–Crippen LogP) is 3.43. The maximum absolute atomic E-state index is 13.2. The molecule has 29 heavy (non-hydrogen) atoms. The van der Waals surface area contributed by atoms with Gasteiger partial charge in [-0.25, -0.2) is 16.8 Å². The van der Waals surface area contributed by atoms with Gasteiger partial charge in [-0.1, -0.05) is 6.07 Å². The Morgan fingerprint density at radius 1 is 1.07 bits per heavy atom. The van der Waals surface area contributed by atoms with Crippen LogP contribution in [-0.2, 0) is 20.0 Å². The molecule has 0 unspecified atom stereocenters. The first kappa shape index (κ1) is 21.4. The smallest absolute Gasteiger partial charge is 0.265 e. The minimum Gasteiger partial charge on any atom is -0.492 e. The molecule has 0 saturated carbocycles. The largest absolute Gasteiger partial charge is 0.492 e. The number of anilines is 2. The fourth-order valence-electron chi connectivity index (χ4n) is 3.46. The molecule has 1 N–H and O–H groups in total. The molecule has 1 saturated heterocycles. The normalized spacial score (nSPS) is 16.4. The van der Waals surface area contributed by atoms with Gasteiger partial charge < -0.3 is 4.74 Å². The highest BCUT2D eigenvalue weighted by Crippen LogP contribution is 2.33. The molecule has 0 spiro atoms. The fraction of sp³-hybridized carbons (Fsp3) is 0.400. The highest BCUT2D eigenvalue weighted by atomic mass is 32.2. The van der Waals surface area contributed by atoms with Crippen molar-refractivity contribution in [1.29, 1.82) is 0 Å². The molecule has 158 valence electrons. The summed E-state index contributed by atoms with van der Waals surface area (Å²) in [5.41, 5.74) is 2.64. The molecule has 2 aromatic carbocycles. The third-order valence-electron chi connectivity index (χ3n) is 4.63. The maximum Gasteiger partial charge on any atom is 0.265 e. The minimum absolute atomic E-state index is 0.0586. The summed E-state index contributed by atoms with van der Waals surface area (Å²) < 4.78 is 60.6. The van der Waals surface area contributed by atoms with Gasteiger partial charge in [-0.15, -0.1) is 0 Å². The van der Waals surface area contributed by atoms with Crippen LogP contribution < -0.4 is 13.8 Å². The number of benzene rings is 2. The first-order chi connectivity index (χ1) is 13.6. The SMILES string of the molecule is CCOc1ccc(N2CCCCS2(=O)=O)cc1S(=O)(=O)Nc1cc(C)cc(C)c1. The zero-order valence-corrected chi connectivity index (χ0v) is 18.4. The second-order valence-electron chi connectivity index (χ2n) is 7.14. The van der Waals surface area contributed by atoms with Gasteiger partial charge in [0.05, 0.1) is 18.0 Å². The molecule has 0 aliphatic carbocycles. The van der Waals surface area contributed by atoms with Crippen molar-refractivity contribution in [3.05, 3.63) is 47.5 Å². The Balaban J connectivity index is 2.05. The maximum atomic E-state index is 13.2. The van der Waals surface area contributed by atoms with Crippen molar-refractivity contribution in [1.82, 2.24) is 0 Å². The third-order valence-corrected chi connectivity index (χ3v) is 7.90. The molecule has 0 bridgehead atoms. The number of nitrogens with zero attached hydrogens (tertiary/aromatic N) is 1. The summed E-state index contributed by atoms with van der Waals surface area (Å²) in [5.74, 6) is 0.242. The number of hydrogen-bond acceptors (Lipinski definition) is 5. The molecule has 9 heteroatoms. The van der Waals surface area contributed by atoms with E-state index < -0.39 is 20.0 Å². The average Bonchev–Trinajstić information content (AvgIpc) is 2.61. The van der Waals surface area contributed by atoms with E-state index in [1.807, 2.05) is 19.9 Å². The van der Waals surface area contributed by atoms with E-state index in [9.17, 15) is 16.8 Å². The molecule has 3 rings (SSSR count). The van der Waals surface area contributed by atoms with Crippen LogP contribution in [0.5, 0.6) is 5.75 Å². The lowest BCUT2D eigenvalue weighted by atomic mass is 10.1. The molecule has 1 aliphatic rings. The highest BCUT2D eigenvalue weighted by molar-refractivity contribution is 7.93. The molecule has 0 amide bonds. The van der Waals surface area contributed by atoms with Crippen molar-refractivity contribution in [2.24, 2.45) is 0 Å². The lowest BCUT2D eigenvalue weighted by molar-refractivity contribution is 0.331. The molecule has 0 aromatic heterocycles. The topological polar surface area (TPSA) is 92.8 Å². The zero-order chi connectivity index (χ0) is 21.2. The lowest BCUT2D eigenvalue weighted by Crippen LogP contribution is -2.37. The number of rotatable bonds is 6. The van der Waals surface area contributed by atoms with Crippen molar-refractivity contribution in [3.63, 3.8) is 0 Å². The van der Waals surface area contributed by atoms with Gasteiger partial charge in [-0.05, 0) is 75.1 Å². The summed E-state index contributed by atoms with van der Waals surface area (Å²) in [6.45, 7) is 6.15. The second-order valence-corrected chi connectivity index (χ2v) is 10.8. The molecule has 1 aliphatic heterocycles. The van der Waals surface area contributed by atoms with E-state index in [2.05, 4.69) is 4.72 Å². The molecule has 1 fully saturated rings. The van der Waals surface area contributed by atoms with Crippen LogP contribution in [0.15, 0.2) is 41.3 Å². The summed E-state index contributed by atoms with van der Waals surface area (Å²) in [5, 5.41) is 0. The lowest BCUT2D eigenvalue weighted by Gasteiger charge is -2.29. The van der Waals surface area contributed by atoms with Crippen molar-refractivity contribution in [2.45, 2.75) is 38.5 Å².